The van der Waals surface area contributed by atoms with Gasteiger partial charge < -0.3 is 0 Å². The van der Waals surface area contributed by atoms with Gasteiger partial charge in [-0.2, -0.15) is 5.10 Å². The Labute approximate surface area is 114 Å². The lowest BCUT2D eigenvalue weighted by molar-refractivity contribution is -0.385. The van der Waals surface area contributed by atoms with Gasteiger partial charge in [0.1, 0.15) is 5.82 Å². The first-order chi connectivity index (χ1) is 9.43. The fourth-order valence-electron chi connectivity index (χ4n) is 2.06. The van der Waals surface area contributed by atoms with Crippen molar-refractivity contribution in [2.24, 2.45) is 0 Å². The van der Waals surface area contributed by atoms with Crippen molar-refractivity contribution >= 4 is 12.0 Å². The Balaban J connectivity index is 2.47. The first-order valence-electron chi connectivity index (χ1n) is 5.86. The molecule has 6 nitrogen and oxygen atoms in total. The van der Waals surface area contributed by atoms with Crippen LogP contribution >= 0.6 is 0 Å². The van der Waals surface area contributed by atoms with Gasteiger partial charge in [0, 0.05) is 11.8 Å². The van der Waals surface area contributed by atoms with E-state index < -0.39 is 10.7 Å². The zero-order valence-corrected chi connectivity index (χ0v) is 11.0. The van der Waals surface area contributed by atoms with E-state index in [2.05, 4.69) is 5.10 Å². The SMILES string of the molecule is Cc1nn(Cc2cc(F)ccc2[N+](=O)[O-])c(C)c1C=O. The summed E-state index contributed by atoms with van der Waals surface area (Å²) in [6.45, 7) is 3.40. The normalized spacial score (nSPS) is 10.6. The maximum absolute atomic E-state index is 13.3. The van der Waals surface area contributed by atoms with Gasteiger partial charge in [0.25, 0.3) is 5.69 Å². The summed E-state index contributed by atoms with van der Waals surface area (Å²) in [5.74, 6) is -0.553. The highest BCUT2D eigenvalue weighted by atomic mass is 19.1. The van der Waals surface area contributed by atoms with Crippen LogP contribution in [-0.4, -0.2) is 21.0 Å². The Bertz CT molecular complexity index is 694. The van der Waals surface area contributed by atoms with Gasteiger partial charge in [-0.25, -0.2) is 4.39 Å². The zero-order valence-electron chi connectivity index (χ0n) is 11.0. The van der Waals surface area contributed by atoms with E-state index in [1.807, 2.05) is 0 Å². The molecule has 1 aromatic heterocycles. The van der Waals surface area contributed by atoms with Crippen LogP contribution in [0.4, 0.5) is 10.1 Å². The Kier molecular flexibility index (Phi) is 3.60. The first kappa shape index (κ1) is 13.9. The van der Waals surface area contributed by atoms with E-state index in [-0.39, 0.29) is 17.8 Å². The molecular formula is C13H12FN3O3. The van der Waals surface area contributed by atoms with Crippen LogP contribution in [0.15, 0.2) is 18.2 Å². The third kappa shape index (κ3) is 2.42. The minimum absolute atomic E-state index is 0.0363. The smallest absolute Gasteiger partial charge is 0.274 e. The van der Waals surface area contributed by atoms with Crippen molar-refractivity contribution in [1.82, 2.24) is 9.78 Å². The van der Waals surface area contributed by atoms with Crippen molar-refractivity contribution in [3.8, 4) is 0 Å². The number of carbonyl (C=O) groups excluding carboxylic acids is 1. The van der Waals surface area contributed by atoms with Crippen molar-refractivity contribution in [1.29, 1.82) is 0 Å². The summed E-state index contributed by atoms with van der Waals surface area (Å²) >= 11 is 0. The van der Waals surface area contributed by atoms with E-state index in [1.165, 1.54) is 4.68 Å². The molecule has 0 N–H and O–H groups in total. The molecular weight excluding hydrogens is 265 g/mol. The summed E-state index contributed by atoms with van der Waals surface area (Å²) in [5.41, 5.74) is 1.61. The molecule has 7 heteroatoms. The molecule has 1 aromatic carbocycles. The number of hydrogen-bond donors (Lipinski definition) is 0. The molecule has 0 unspecified atom stereocenters. The number of nitro benzene ring substituents is 1. The van der Waals surface area contributed by atoms with Crippen molar-refractivity contribution in [3.05, 3.63) is 56.6 Å². The number of nitrogens with zero attached hydrogens (tertiary/aromatic N) is 3. The van der Waals surface area contributed by atoms with E-state index in [4.69, 9.17) is 0 Å². The molecule has 0 aliphatic carbocycles. The molecule has 2 aromatic rings. The third-order valence-electron chi connectivity index (χ3n) is 3.11. The third-order valence-corrected chi connectivity index (χ3v) is 3.11. The number of carbonyl (C=O) groups is 1. The number of benzene rings is 1. The van der Waals surface area contributed by atoms with E-state index >= 15 is 0 Å². The number of halogens is 1. The molecule has 0 spiro atoms. The molecule has 0 aliphatic heterocycles. The summed E-state index contributed by atoms with van der Waals surface area (Å²) in [6, 6.07) is 3.27. The molecule has 0 radical (unpaired) electrons. The Hall–Kier alpha value is -2.57. The summed E-state index contributed by atoms with van der Waals surface area (Å²) in [7, 11) is 0. The van der Waals surface area contributed by atoms with E-state index in [9.17, 15) is 19.3 Å². The van der Waals surface area contributed by atoms with E-state index in [1.54, 1.807) is 13.8 Å². The molecule has 0 saturated carbocycles. The molecule has 104 valence electrons. The van der Waals surface area contributed by atoms with Gasteiger partial charge in [0.05, 0.1) is 28.3 Å². The van der Waals surface area contributed by atoms with E-state index in [0.717, 1.165) is 18.2 Å². The van der Waals surface area contributed by atoms with Crippen LogP contribution in [0.3, 0.4) is 0 Å². The minimum Gasteiger partial charge on any atom is -0.298 e. The molecule has 0 saturated heterocycles. The maximum atomic E-state index is 13.3. The summed E-state index contributed by atoms with van der Waals surface area (Å²) in [4.78, 5) is 21.3. The van der Waals surface area contributed by atoms with Gasteiger partial charge in [-0.1, -0.05) is 0 Å². The topological polar surface area (TPSA) is 78.0 Å². The second kappa shape index (κ2) is 5.20. The van der Waals surface area contributed by atoms with Crippen LogP contribution in [0.25, 0.3) is 0 Å². The fourth-order valence-corrected chi connectivity index (χ4v) is 2.06. The van der Waals surface area contributed by atoms with Crippen LogP contribution in [0.2, 0.25) is 0 Å². The van der Waals surface area contributed by atoms with Crippen molar-refractivity contribution in [3.63, 3.8) is 0 Å². The predicted molar refractivity (Wildman–Crippen MR) is 69.2 cm³/mol. The molecule has 2 rings (SSSR count). The largest absolute Gasteiger partial charge is 0.298 e. The maximum Gasteiger partial charge on any atom is 0.274 e. The zero-order chi connectivity index (χ0) is 14.9. The van der Waals surface area contributed by atoms with Crippen LogP contribution in [0, 0.1) is 29.8 Å². The highest BCUT2D eigenvalue weighted by molar-refractivity contribution is 5.78. The van der Waals surface area contributed by atoms with Crippen LogP contribution in [0.5, 0.6) is 0 Å². The Morgan fingerprint density at radius 3 is 2.70 bits per heavy atom. The number of aldehydes is 1. The first-order valence-corrected chi connectivity index (χ1v) is 5.86. The van der Waals surface area contributed by atoms with Crippen molar-refractivity contribution in [2.45, 2.75) is 20.4 Å². The molecule has 0 atom stereocenters. The average molecular weight is 277 g/mol. The fraction of sp³-hybridized carbons (Fsp3) is 0.231. The number of aryl methyl sites for hydroxylation is 1. The molecule has 0 fully saturated rings. The molecule has 1 heterocycles. The Morgan fingerprint density at radius 1 is 1.45 bits per heavy atom. The van der Waals surface area contributed by atoms with Gasteiger partial charge in [-0.05, 0) is 26.0 Å². The summed E-state index contributed by atoms with van der Waals surface area (Å²) in [5, 5.41) is 15.1. The van der Waals surface area contributed by atoms with Gasteiger partial charge >= 0.3 is 0 Å². The Morgan fingerprint density at radius 2 is 2.15 bits per heavy atom. The molecule has 0 aliphatic rings. The second-order valence-electron chi connectivity index (χ2n) is 4.39. The monoisotopic (exact) mass is 277 g/mol. The quantitative estimate of drug-likeness (QED) is 0.488. The molecule has 20 heavy (non-hydrogen) atoms. The van der Waals surface area contributed by atoms with Gasteiger partial charge in [0.15, 0.2) is 6.29 Å². The lowest BCUT2D eigenvalue weighted by Crippen LogP contribution is -2.07. The number of rotatable bonds is 4. The van der Waals surface area contributed by atoms with Gasteiger partial charge in [-0.3, -0.25) is 19.6 Å². The molecule has 0 bridgehead atoms. The lowest BCUT2D eigenvalue weighted by atomic mass is 10.1. The van der Waals surface area contributed by atoms with Crippen LogP contribution in [0.1, 0.15) is 27.3 Å². The second-order valence-corrected chi connectivity index (χ2v) is 4.39. The minimum atomic E-state index is -0.568. The average Bonchev–Trinajstić information content (AvgIpc) is 2.63. The summed E-state index contributed by atoms with van der Waals surface area (Å²) in [6.07, 6.45) is 0.689. The highest BCUT2D eigenvalue weighted by Gasteiger charge is 2.17. The molecule has 0 amide bonds. The lowest BCUT2D eigenvalue weighted by Gasteiger charge is -2.06. The standard InChI is InChI=1S/C13H12FN3O3/c1-8-12(7-18)9(2)16(15-8)6-10-5-11(14)3-4-13(10)17(19)20/h3-5,7H,6H2,1-2H3. The predicted octanol–water partition coefficient (Wildman–Crippen LogP) is 2.41. The number of nitro groups is 1. The van der Waals surface area contributed by atoms with Gasteiger partial charge in [-0.15, -0.1) is 0 Å². The van der Waals surface area contributed by atoms with E-state index in [0.29, 0.717) is 23.2 Å². The summed E-state index contributed by atoms with van der Waals surface area (Å²) < 4.78 is 14.7. The highest BCUT2D eigenvalue weighted by Crippen LogP contribution is 2.22. The van der Waals surface area contributed by atoms with Gasteiger partial charge in [0.2, 0.25) is 0 Å². The van der Waals surface area contributed by atoms with Crippen LogP contribution < -0.4 is 0 Å². The van der Waals surface area contributed by atoms with Crippen molar-refractivity contribution in [2.75, 3.05) is 0 Å². The van der Waals surface area contributed by atoms with Crippen LogP contribution in [-0.2, 0) is 6.54 Å². The number of aromatic nitrogens is 2. The van der Waals surface area contributed by atoms with Crippen molar-refractivity contribution < 1.29 is 14.1 Å². The number of hydrogen-bond acceptors (Lipinski definition) is 4.